The molecule has 2 amide bonds. The van der Waals surface area contributed by atoms with Crippen LogP contribution in [0, 0.1) is 16.0 Å². The quantitative estimate of drug-likeness (QED) is 0.218. The molecule has 3 atom stereocenters. The predicted octanol–water partition coefficient (Wildman–Crippen LogP) is 4.91. The van der Waals surface area contributed by atoms with E-state index in [0.717, 1.165) is 4.90 Å². The third-order valence-corrected chi connectivity index (χ3v) is 7.09. The molecule has 39 heavy (non-hydrogen) atoms. The summed E-state index contributed by atoms with van der Waals surface area (Å²) >= 11 is 3.34. The molecule has 2 fully saturated rings. The molecule has 2 heterocycles. The van der Waals surface area contributed by atoms with Gasteiger partial charge in [-0.05, 0) is 65.7 Å². The SMILES string of the molecule is CCOc1cccc(N2C(=O)[C@@H]3[C@H](ON(c4cccc([N+](=O)[O-])c4)[C@@H]3c3cc(Br)c(O)c(OCC)c3)C2=O)c1. The number of carbonyl (C=O) groups excluding carboxylic acids is 2. The van der Waals surface area contributed by atoms with E-state index in [1.807, 2.05) is 6.92 Å². The topological polar surface area (TPSA) is 132 Å². The zero-order valence-electron chi connectivity index (χ0n) is 20.9. The van der Waals surface area contributed by atoms with Gasteiger partial charge in [0.05, 0.1) is 40.0 Å². The molecule has 0 bridgehead atoms. The van der Waals surface area contributed by atoms with Crippen LogP contribution in [0.5, 0.6) is 17.2 Å². The van der Waals surface area contributed by atoms with Crippen LogP contribution in [-0.4, -0.2) is 41.2 Å². The van der Waals surface area contributed by atoms with Crippen LogP contribution in [-0.2, 0) is 14.4 Å². The van der Waals surface area contributed by atoms with Crippen molar-refractivity contribution in [1.29, 1.82) is 0 Å². The molecule has 0 aliphatic carbocycles. The minimum atomic E-state index is -1.19. The van der Waals surface area contributed by atoms with Gasteiger partial charge in [0.2, 0.25) is 5.91 Å². The molecule has 3 aromatic carbocycles. The monoisotopic (exact) mass is 597 g/mol. The minimum absolute atomic E-state index is 0.124. The normalized spacial score (nSPS) is 20.3. The summed E-state index contributed by atoms with van der Waals surface area (Å²) in [6, 6.07) is 14.7. The van der Waals surface area contributed by atoms with Gasteiger partial charge in [-0.2, -0.15) is 0 Å². The number of hydrogen-bond acceptors (Lipinski definition) is 9. The van der Waals surface area contributed by atoms with E-state index in [-0.39, 0.29) is 29.5 Å². The van der Waals surface area contributed by atoms with Crippen LogP contribution in [0.15, 0.2) is 65.1 Å². The number of anilines is 2. The Bertz CT molecular complexity index is 1460. The van der Waals surface area contributed by atoms with Gasteiger partial charge in [-0.3, -0.25) is 24.5 Å². The smallest absolute Gasteiger partial charge is 0.271 e. The van der Waals surface area contributed by atoms with Crippen molar-refractivity contribution in [3.8, 4) is 17.2 Å². The van der Waals surface area contributed by atoms with E-state index in [1.54, 1.807) is 49.4 Å². The van der Waals surface area contributed by atoms with Crippen LogP contribution >= 0.6 is 15.9 Å². The van der Waals surface area contributed by atoms with Crippen LogP contribution in [0.25, 0.3) is 0 Å². The van der Waals surface area contributed by atoms with Crippen molar-refractivity contribution in [2.75, 3.05) is 23.2 Å². The fourth-order valence-corrected chi connectivity index (χ4v) is 5.34. The van der Waals surface area contributed by atoms with Gasteiger partial charge in [-0.1, -0.05) is 12.1 Å². The number of aromatic hydroxyl groups is 1. The molecule has 0 spiro atoms. The second-order valence-corrected chi connectivity index (χ2v) is 9.68. The first-order valence-corrected chi connectivity index (χ1v) is 13.0. The number of fused-ring (bicyclic) bond motifs is 1. The number of non-ortho nitro benzene ring substituents is 1. The van der Waals surface area contributed by atoms with Gasteiger partial charge in [-0.15, -0.1) is 0 Å². The highest BCUT2D eigenvalue weighted by atomic mass is 79.9. The van der Waals surface area contributed by atoms with E-state index in [2.05, 4.69) is 15.9 Å². The summed E-state index contributed by atoms with van der Waals surface area (Å²) in [5.41, 5.74) is 0.946. The molecular formula is C27H24BrN3O8. The Balaban J connectivity index is 1.62. The first kappa shape index (κ1) is 26.4. The molecule has 1 N–H and O–H groups in total. The molecule has 2 aliphatic rings. The maximum Gasteiger partial charge on any atom is 0.271 e. The fourth-order valence-electron chi connectivity index (χ4n) is 4.88. The number of amides is 2. The molecule has 202 valence electrons. The number of ether oxygens (including phenoxy) is 2. The number of imide groups is 1. The molecule has 11 nitrogen and oxygen atoms in total. The van der Waals surface area contributed by atoms with Gasteiger partial charge >= 0.3 is 0 Å². The van der Waals surface area contributed by atoms with E-state index in [9.17, 15) is 24.8 Å². The summed E-state index contributed by atoms with van der Waals surface area (Å²) in [4.78, 5) is 45.6. The zero-order valence-corrected chi connectivity index (χ0v) is 22.5. The van der Waals surface area contributed by atoms with Crippen molar-refractivity contribution in [1.82, 2.24) is 0 Å². The zero-order chi connectivity index (χ0) is 27.8. The molecule has 3 aromatic rings. The number of benzene rings is 3. The van der Waals surface area contributed by atoms with Crippen LogP contribution < -0.4 is 19.4 Å². The van der Waals surface area contributed by atoms with Gasteiger partial charge in [0, 0.05) is 18.2 Å². The van der Waals surface area contributed by atoms with E-state index in [4.69, 9.17) is 14.3 Å². The number of halogens is 1. The number of phenols is 1. The number of phenolic OH excluding ortho intramolecular Hbond substituents is 1. The molecule has 5 rings (SSSR count). The van der Waals surface area contributed by atoms with Crippen molar-refractivity contribution < 1.29 is 33.9 Å². The van der Waals surface area contributed by atoms with E-state index >= 15 is 0 Å². The number of hydroxylamine groups is 1. The predicted molar refractivity (Wildman–Crippen MR) is 144 cm³/mol. The second kappa shape index (κ2) is 10.5. The number of carbonyl (C=O) groups is 2. The Morgan fingerprint density at radius 3 is 2.44 bits per heavy atom. The van der Waals surface area contributed by atoms with Gasteiger partial charge in [0.15, 0.2) is 17.6 Å². The Labute approximate surface area is 231 Å². The Morgan fingerprint density at radius 2 is 1.72 bits per heavy atom. The average Bonchev–Trinajstić information content (AvgIpc) is 3.43. The lowest BCUT2D eigenvalue weighted by Crippen LogP contribution is -2.37. The number of nitrogens with zero attached hydrogens (tertiary/aromatic N) is 3. The van der Waals surface area contributed by atoms with Crippen molar-refractivity contribution in [2.24, 2.45) is 5.92 Å². The van der Waals surface area contributed by atoms with Crippen LogP contribution in [0.4, 0.5) is 17.1 Å². The van der Waals surface area contributed by atoms with Crippen LogP contribution in [0.1, 0.15) is 25.5 Å². The molecule has 0 saturated carbocycles. The lowest BCUT2D eigenvalue weighted by molar-refractivity contribution is -0.384. The molecule has 12 heteroatoms. The highest BCUT2D eigenvalue weighted by Crippen LogP contribution is 2.50. The molecule has 2 saturated heterocycles. The first-order chi connectivity index (χ1) is 18.7. The highest BCUT2D eigenvalue weighted by Gasteiger charge is 2.60. The van der Waals surface area contributed by atoms with E-state index < -0.39 is 34.8 Å². The van der Waals surface area contributed by atoms with E-state index in [1.165, 1.54) is 23.3 Å². The van der Waals surface area contributed by atoms with Gasteiger partial charge in [0.25, 0.3) is 11.6 Å². The van der Waals surface area contributed by atoms with Crippen LogP contribution in [0.2, 0.25) is 0 Å². The number of nitro groups is 1. The van der Waals surface area contributed by atoms with Crippen molar-refractivity contribution in [3.05, 3.63) is 80.8 Å². The summed E-state index contributed by atoms with van der Waals surface area (Å²) < 4.78 is 11.4. The Kier molecular flexibility index (Phi) is 7.15. The summed E-state index contributed by atoms with van der Waals surface area (Å²) in [6.07, 6.45) is -1.19. The summed E-state index contributed by atoms with van der Waals surface area (Å²) in [5.74, 6) is -1.52. The highest BCUT2D eigenvalue weighted by molar-refractivity contribution is 9.10. The minimum Gasteiger partial charge on any atom is -0.503 e. The molecular weight excluding hydrogens is 574 g/mol. The Hall–Kier alpha value is -4.16. The van der Waals surface area contributed by atoms with Gasteiger partial charge in [0.1, 0.15) is 11.7 Å². The average molecular weight is 598 g/mol. The first-order valence-electron chi connectivity index (χ1n) is 12.2. The Morgan fingerprint density at radius 1 is 1.00 bits per heavy atom. The maximum atomic E-state index is 13.9. The molecule has 0 aromatic heterocycles. The number of rotatable bonds is 8. The molecule has 2 aliphatic heterocycles. The van der Waals surface area contributed by atoms with Crippen LogP contribution in [0.3, 0.4) is 0 Å². The van der Waals surface area contributed by atoms with Crippen molar-refractivity contribution in [2.45, 2.75) is 26.0 Å². The third kappa shape index (κ3) is 4.66. The number of nitro benzene ring substituents is 1. The largest absolute Gasteiger partial charge is 0.503 e. The van der Waals surface area contributed by atoms with Crippen molar-refractivity contribution >= 4 is 44.8 Å². The lowest BCUT2D eigenvalue weighted by Gasteiger charge is -2.29. The fraction of sp³-hybridized carbons (Fsp3) is 0.259. The van der Waals surface area contributed by atoms with Gasteiger partial charge < -0.3 is 14.6 Å². The summed E-state index contributed by atoms with van der Waals surface area (Å²) in [7, 11) is 0. The van der Waals surface area contributed by atoms with Crippen molar-refractivity contribution in [3.63, 3.8) is 0 Å². The molecule has 0 unspecified atom stereocenters. The summed E-state index contributed by atoms with van der Waals surface area (Å²) in [6.45, 7) is 4.28. The summed E-state index contributed by atoms with van der Waals surface area (Å²) in [5, 5.41) is 23.3. The molecule has 0 radical (unpaired) electrons. The number of hydrogen-bond donors (Lipinski definition) is 1. The van der Waals surface area contributed by atoms with E-state index in [0.29, 0.717) is 28.1 Å². The maximum absolute atomic E-state index is 13.9. The standard InChI is InChI=1S/C27H24BrN3O8/c1-3-37-19-10-6-7-16(14-19)29-26(33)22-23(15-11-20(28)24(32)21(12-15)38-4-2)30(39-25(22)27(29)34)17-8-5-9-18(13-17)31(35)36/h5-14,22-23,25,32H,3-4H2,1-2H3/t22-,23+,25-/m0/s1. The third-order valence-electron chi connectivity index (χ3n) is 6.49. The lowest BCUT2D eigenvalue weighted by atomic mass is 9.90. The second-order valence-electron chi connectivity index (χ2n) is 8.82. The van der Waals surface area contributed by atoms with Gasteiger partial charge in [-0.25, -0.2) is 9.96 Å².